The van der Waals surface area contributed by atoms with Crippen LogP contribution in [0.25, 0.3) is 11.5 Å². The van der Waals surface area contributed by atoms with Gasteiger partial charge in [-0.25, -0.2) is 0 Å². The first-order chi connectivity index (χ1) is 11.1. The summed E-state index contributed by atoms with van der Waals surface area (Å²) in [6.45, 7) is 1.94. The normalized spacial score (nSPS) is 12.0. The predicted octanol–water partition coefficient (Wildman–Crippen LogP) is 4.50. The minimum atomic E-state index is -0.402. The number of aromatic nitrogens is 2. The number of rotatable bonds is 5. The molecule has 0 bridgehead atoms. The molecule has 1 atom stereocenters. The smallest absolute Gasteiger partial charge is 0.277 e. The molecule has 0 saturated heterocycles. The van der Waals surface area contributed by atoms with Gasteiger partial charge in [-0.3, -0.25) is 10.1 Å². The molecule has 0 fully saturated rings. The molecule has 3 rings (SSSR count). The number of hydrogen-bond acceptors (Lipinski definition) is 6. The minimum absolute atomic E-state index is 0.0426. The Morgan fingerprint density at radius 3 is 2.65 bits per heavy atom. The van der Waals surface area contributed by atoms with Crippen molar-refractivity contribution in [2.45, 2.75) is 17.4 Å². The summed E-state index contributed by atoms with van der Waals surface area (Å²) in [4.78, 5) is 10.5. The Hall–Kier alpha value is -2.67. The van der Waals surface area contributed by atoms with Crippen molar-refractivity contribution in [3.05, 3.63) is 70.3 Å². The van der Waals surface area contributed by atoms with Crippen LogP contribution >= 0.6 is 11.8 Å². The zero-order chi connectivity index (χ0) is 16.2. The lowest BCUT2D eigenvalue weighted by Crippen LogP contribution is -1.92. The van der Waals surface area contributed by atoms with E-state index in [1.54, 1.807) is 12.1 Å². The van der Waals surface area contributed by atoms with E-state index >= 15 is 0 Å². The van der Waals surface area contributed by atoms with E-state index in [4.69, 9.17) is 4.42 Å². The molecule has 0 radical (unpaired) electrons. The maximum Gasteiger partial charge on any atom is 0.277 e. The molecular weight excluding hydrogens is 314 g/mol. The predicted molar refractivity (Wildman–Crippen MR) is 87.1 cm³/mol. The van der Waals surface area contributed by atoms with Crippen molar-refractivity contribution in [2.24, 2.45) is 0 Å². The summed E-state index contributed by atoms with van der Waals surface area (Å²) in [7, 11) is 0. The standard InChI is InChI=1S/C16H13N3O3S/c1-11(13-8-5-9-14(10-13)19(20)21)23-16-18-17-15(22-16)12-6-3-2-4-7-12/h2-11H,1H3/t11-/m1/s1. The largest absolute Gasteiger partial charge is 0.411 e. The summed E-state index contributed by atoms with van der Waals surface area (Å²) >= 11 is 1.37. The fraction of sp³-hybridized carbons (Fsp3) is 0.125. The second-order valence-electron chi connectivity index (χ2n) is 4.85. The molecule has 0 aliphatic rings. The van der Waals surface area contributed by atoms with Gasteiger partial charge in [-0.05, 0) is 24.6 Å². The molecule has 6 nitrogen and oxygen atoms in total. The second kappa shape index (κ2) is 6.62. The molecule has 1 aromatic heterocycles. The quantitative estimate of drug-likeness (QED) is 0.390. The third-order valence-corrected chi connectivity index (χ3v) is 4.25. The van der Waals surface area contributed by atoms with E-state index in [2.05, 4.69) is 10.2 Å². The molecule has 0 saturated carbocycles. The van der Waals surface area contributed by atoms with Crippen molar-refractivity contribution in [1.82, 2.24) is 10.2 Å². The molecule has 2 aromatic carbocycles. The average molecular weight is 327 g/mol. The van der Waals surface area contributed by atoms with Gasteiger partial charge in [-0.1, -0.05) is 42.1 Å². The van der Waals surface area contributed by atoms with Gasteiger partial charge in [0.15, 0.2) is 0 Å². The highest BCUT2D eigenvalue weighted by Gasteiger charge is 2.16. The monoisotopic (exact) mass is 327 g/mol. The zero-order valence-electron chi connectivity index (χ0n) is 12.2. The number of hydrogen-bond donors (Lipinski definition) is 0. The molecule has 0 spiro atoms. The first-order valence-corrected chi connectivity index (χ1v) is 7.81. The van der Waals surface area contributed by atoms with Crippen LogP contribution in [-0.4, -0.2) is 15.1 Å². The van der Waals surface area contributed by atoms with Crippen LogP contribution in [0.3, 0.4) is 0 Å². The van der Waals surface area contributed by atoms with Gasteiger partial charge >= 0.3 is 0 Å². The summed E-state index contributed by atoms with van der Waals surface area (Å²) in [5.74, 6) is 0.458. The molecule has 0 N–H and O–H groups in total. The van der Waals surface area contributed by atoms with Crippen molar-refractivity contribution in [2.75, 3.05) is 0 Å². The van der Waals surface area contributed by atoms with Gasteiger partial charge in [0.25, 0.3) is 10.9 Å². The number of nitro benzene ring substituents is 1. The maximum atomic E-state index is 10.9. The van der Waals surface area contributed by atoms with Crippen LogP contribution in [0, 0.1) is 10.1 Å². The molecule has 0 aliphatic carbocycles. The highest BCUT2D eigenvalue weighted by Crippen LogP contribution is 2.36. The third-order valence-electron chi connectivity index (χ3n) is 3.26. The van der Waals surface area contributed by atoms with Gasteiger partial charge in [-0.15, -0.1) is 10.2 Å². The van der Waals surface area contributed by atoms with E-state index < -0.39 is 4.92 Å². The summed E-state index contributed by atoms with van der Waals surface area (Å²) in [5.41, 5.74) is 1.77. The lowest BCUT2D eigenvalue weighted by molar-refractivity contribution is -0.384. The fourth-order valence-corrected chi connectivity index (χ4v) is 2.87. The van der Waals surface area contributed by atoms with Crippen molar-refractivity contribution >= 4 is 17.4 Å². The van der Waals surface area contributed by atoms with Gasteiger partial charge in [0.1, 0.15) is 0 Å². The van der Waals surface area contributed by atoms with Crippen molar-refractivity contribution in [3.63, 3.8) is 0 Å². The van der Waals surface area contributed by atoms with Crippen LogP contribution in [0.4, 0.5) is 5.69 Å². The first-order valence-electron chi connectivity index (χ1n) is 6.93. The number of nitrogens with zero attached hydrogens (tertiary/aromatic N) is 3. The molecule has 0 aliphatic heterocycles. The molecule has 3 aromatic rings. The van der Waals surface area contributed by atoms with Crippen LogP contribution in [0.1, 0.15) is 17.7 Å². The SMILES string of the molecule is C[C@@H](Sc1nnc(-c2ccccc2)o1)c1cccc([N+](=O)[O-])c1. The van der Waals surface area contributed by atoms with Crippen molar-refractivity contribution in [1.29, 1.82) is 0 Å². The number of nitro groups is 1. The van der Waals surface area contributed by atoms with Gasteiger partial charge in [0.05, 0.1) is 4.92 Å². The van der Waals surface area contributed by atoms with Crippen LogP contribution < -0.4 is 0 Å². The van der Waals surface area contributed by atoms with Gasteiger partial charge in [0.2, 0.25) is 5.89 Å². The summed E-state index contributed by atoms with van der Waals surface area (Å²) in [6.07, 6.45) is 0. The number of benzene rings is 2. The van der Waals surface area contributed by atoms with E-state index in [9.17, 15) is 10.1 Å². The highest BCUT2D eigenvalue weighted by atomic mass is 32.2. The summed E-state index contributed by atoms with van der Waals surface area (Å²) in [6, 6.07) is 16.1. The van der Waals surface area contributed by atoms with E-state index in [1.165, 1.54) is 17.8 Å². The Bertz CT molecular complexity index is 820. The molecular formula is C16H13N3O3S. The van der Waals surface area contributed by atoms with Crippen LogP contribution in [0.2, 0.25) is 0 Å². The Labute approximate surface area is 136 Å². The van der Waals surface area contributed by atoms with E-state index in [0.717, 1.165) is 11.1 Å². The molecule has 0 unspecified atom stereocenters. The van der Waals surface area contributed by atoms with Crippen molar-refractivity contribution in [3.8, 4) is 11.5 Å². The van der Waals surface area contributed by atoms with E-state index in [1.807, 2.05) is 43.3 Å². The lowest BCUT2D eigenvalue weighted by atomic mass is 10.1. The zero-order valence-corrected chi connectivity index (χ0v) is 13.1. The van der Waals surface area contributed by atoms with Gasteiger partial charge < -0.3 is 4.42 Å². The number of thioether (sulfide) groups is 1. The molecule has 116 valence electrons. The highest BCUT2D eigenvalue weighted by molar-refractivity contribution is 7.99. The molecule has 7 heteroatoms. The second-order valence-corrected chi connectivity index (χ2v) is 6.14. The Kier molecular flexibility index (Phi) is 4.38. The molecule has 0 amide bonds. The van der Waals surface area contributed by atoms with Crippen LogP contribution in [0.5, 0.6) is 0 Å². The van der Waals surface area contributed by atoms with Gasteiger partial charge in [0, 0.05) is 22.9 Å². The Morgan fingerprint density at radius 1 is 1.13 bits per heavy atom. The van der Waals surface area contributed by atoms with Crippen LogP contribution in [-0.2, 0) is 0 Å². The maximum absolute atomic E-state index is 10.9. The third kappa shape index (κ3) is 3.57. The Morgan fingerprint density at radius 2 is 1.91 bits per heavy atom. The Balaban J connectivity index is 1.76. The van der Waals surface area contributed by atoms with Crippen molar-refractivity contribution < 1.29 is 9.34 Å². The number of non-ortho nitro benzene ring substituents is 1. The summed E-state index contributed by atoms with van der Waals surface area (Å²) < 4.78 is 5.65. The fourth-order valence-electron chi connectivity index (χ4n) is 2.07. The topological polar surface area (TPSA) is 82.1 Å². The van der Waals surface area contributed by atoms with Gasteiger partial charge in [-0.2, -0.15) is 0 Å². The minimum Gasteiger partial charge on any atom is -0.411 e. The van der Waals surface area contributed by atoms with E-state index in [-0.39, 0.29) is 10.9 Å². The molecule has 1 heterocycles. The van der Waals surface area contributed by atoms with Crippen LogP contribution in [0.15, 0.2) is 64.2 Å². The summed E-state index contributed by atoms with van der Waals surface area (Å²) in [5, 5.41) is 19.3. The first kappa shape index (κ1) is 15.2. The van der Waals surface area contributed by atoms with E-state index in [0.29, 0.717) is 11.1 Å². The average Bonchev–Trinajstić information content (AvgIpc) is 3.04. The molecule has 23 heavy (non-hydrogen) atoms. The lowest BCUT2D eigenvalue weighted by Gasteiger charge is -2.08.